The number of furan rings is 1. The smallest absolute Gasteiger partial charge is 0.306 e. The lowest BCUT2D eigenvalue weighted by molar-refractivity contribution is -0.147. The molecule has 2 heterocycles. The third kappa shape index (κ3) is 3.41. The Bertz CT molecular complexity index is 826. The number of aromatic nitrogens is 2. The van der Waals surface area contributed by atoms with Crippen molar-refractivity contribution in [2.24, 2.45) is 0 Å². The summed E-state index contributed by atoms with van der Waals surface area (Å²) in [5.41, 5.74) is 2.21. The molecule has 2 aromatic heterocycles. The molecule has 0 aliphatic rings. The van der Waals surface area contributed by atoms with Crippen LogP contribution in [0.1, 0.15) is 26.7 Å². The summed E-state index contributed by atoms with van der Waals surface area (Å²) in [5.74, 6) is 0.460. The standard InChI is InChI=1S/C17H19N3O3/c1-11(2)22-14(21)8-5-9-18-17-16-15(19-10-20-17)12-6-3-4-7-13(12)23-16/h3-4,6-7,10-11H,5,8-9H2,1-2H3,(H,18,19,20). The van der Waals surface area contributed by atoms with Crippen LogP contribution in [0, 0.1) is 0 Å². The van der Waals surface area contributed by atoms with Gasteiger partial charge < -0.3 is 14.5 Å². The van der Waals surface area contributed by atoms with Gasteiger partial charge in [-0.15, -0.1) is 0 Å². The number of carbonyl (C=O) groups excluding carboxylic acids is 1. The number of ether oxygens (including phenoxy) is 1. The van der Waals surface area contributed by atoms with Crippen molar-refractivity contribution in [1.82, 2.24) is 9.97 Å². The monoisotopic (exact) mass is 313 g/mol. The van der Waals surface area contributed by atoms with Crippen molar-refractivity contribution < 1.29 is 13.9 Å². The molecule has 0 aliphatic heterocycles. The summed E-state index contributed by atoms with van der Waals surface area (Å²) < 4.78 is 10.9. The van der Waals surface area contributed by atoms with Crippen LogP contribution in [0.3, 0.4) is 0 Å². The molecule has 120 valence electrons. The van der Waals surface area contributed by atoms with Crippen molar-refractivity contribution in [3.8, 4) is 0 Å². The zero-order valence-electron chi connectivity index (χ0n) is 13.2. The van der Waals surface area contributed by atoms with Crippen molar-refractivity contribution in [1.29, 1.82) is 0 Å². The van der Waals surface area contributed by atoms with E-state index in [2.05, 4.69) is 15.3 Å². The van der Waals surface area contributed by atoms with Gasteiger partial charge in [0.05, 0.1) is 6.10 Å². The Balaban J connectivity index is 1.68. The highest BCUT2D eigenvalue weighted by Crippen LogP contribution is 2.30. The minimum Gasteiger partial charge on any atom is -0.463 e. The SMILES string of the molecule is CC(C)OC(=O)CCCNc1ncnc2c1oc1ccccc12. The Kier molecular flexibility index (Phi) is 4.41. The summed E-state index contributed by atoms with van der Waals surface area (Å²) in [5, 5.41) is 4.17. The van der Waals surface area contributed by atoms with Crippen LogP contribution in [0.4, 0.5) is 5.82 Å². The predicted molar refractivity (Wildman–Crippen MR) is 88.3 cm³/mol. The van der Waals surface area contributed by atoms with Crippen LogP contribution < -0.4 is 5.32 Å². The van der Waals surface area contributed by atoms with Gasteiger partial charge in [0, 0.05) is 18.4 Å². The van der Waals surface area contributed by atoms with E-state index in [1.54, 1.807) is 0 Å². The van der Waals surface area contributed by atoms with Crippen LogP contribution in [-0.4, -0.2) is 28.6 Å². The first-order valence-electron chi connectivity index (χ1n) is 7.70. The molecule has 1 aromatic carbocycles. The van der Waals surface area contributed by atoms with E-state index < -0.39 is 0 Å². The fourth-order valence-corrected chi connectivity index (χ4v) is 2.41. The van der Waals surface area contributed by atoms with E-state index in [0.717, 1.165) is 16.5 Å². The lowest BCUT2D eigenvalue weighted by Gasteiger charge is -2.08. The molecule has 3 rings (SSSR count). The molecule has 23 heavy (non-hydrogen) atoms. The van der Waals surface area contributed by atoms with Gasteiger partial charge in [-0.2, -0.15) is 0 Å². The van der Waals surface area contributed by atoms with Crippen LogP contribution in [0.2, 0.25) is 0 Å². The second-order valence-electron chi connectivity index (χ2n) is 5.57. The van der Waals surface area contributed by atoms with Gasteiger partial charge in [-0.05, 0) is 32.4 Å². The number of hydrogen-bond donors (Lipinski definition) is 1. The number of hydrogen-bond acceptors (Lipinski definition) is 6. The Hall–Kier alpha value is -2.63. The molecule has 0 atom stereocenters. The molecule has 3 aromatic rings. The van der Waals surface area contributed by atoms with E-state index in [9.17, 15) is 4.79 Å². The largest absolute Gasteiger partial charge is 0.463 e. The van der Waals surface area contributed by atoms with Crippen molar-refractivity contribution in [3.05, 3.63) is 30.6 Å². The molecule has 0 amide bonds. The van der Waals surface area contributed by atoms with Gasteiger partial charge in [0.25, 0.3) is 0 Å². The van der Waals surface area contributed by atoms with Crippen LogP contribution in [0.5, 0.6) is 0 Å². The van der Waals surface area contributed by atoms with Crippen molar-refractivity contribution >= 4 is 33.9 Å². The molecule has 6 heteroatoms. The number of fused-ring (bicyclic) bond motifs is 3. The van der Waals surface area contributed by atoms with Crippen LogP contribution >= 0.6 is 0 Å². The first-order chi connectivity index (χ1) is 11.1. The van der Waals surface area contributed by atoms with Crippen molar-refractivity contribution in [2.75, 3.05) is 11.9 Å². The molecule has 0 aliphatic carbocycles. The fourth-order valence-electron chi connectivity index (χ4n) is 2.41. The quantitative estimate of drug-likeness (QED) is 0.554. The van der Waals surface area contributed by atoms with E-state index in [0.29, 0.717) is 30.8 Å². The van der Waals surface area contributed by atoms with E-state index in [1.165, 1.54) is 6.33 Å². The minimum atomic E-state index is -0.182. The summed E-state index contributed by atoms with van der Waals surface area (Å²) >= 11 is 0. The molecule has 0 fully saturated rings. The Morgan fingerprint density at radius 3 is 2.96 bits per heavy atom. The number of esters is 1. The average molecular weight is 313 g/mol. The third-order valence-corrected chi connectivity index (χ3v) is 3.38. The lowest BCUT2D eigenvalue weighted by atomic mass is 10.2. The maximum absolute atomic E-state index is 11.5. The summed E-state index contributed by atoms with van der Waals surface area (Å²) in [6, 6.07) is 7.75. The molecule has 0 unspecified atom stereocenters. The van der Waals surface area contributed by atoms with Gasteiger partial charge in [-0.25, -0.2) is 9.97 Å². The number of nitrogens with zero attached hydrogens (tertiary/aromatic N) is 2. The van der Waals surface area contributed by atoms with Gasteiger partial charge >= 0.3 is 5.97 Å². The number of nitrogens with one attached hydrogen (secondary N) is 1. The topological polar surface area (TPSA) is 77.2 Å². The maximum atomic E-state index is 11.5. The zero-order chi connectivity index (χ0) is 16.2. The highest BCUT2D eigenvalue weighted by Gasteiger charge is 2.12. The molecule has 0 saturated heterocycles. The van der Waals surface area contributed by atoms with Crippen LogP contribution in [0.15, 0.2) is 35.0 Å². The highest BCUT2D eigenvalue weighted by atomic mass is 16.5. The molecular weight excluding hydrogens is 294 g/mol. The van der Waals surface area contributed by atoms with E-state index in [1.807, 2.05) is 38.1 Å². The number of anilines is 1. The molecule has 0 spiro atoms. The van der Waals surface area contributed by atoms with Crippen LogP contribution in [0.25, 0.3) is 22.1 Å². The lowest BCUT2D eigenvalue weighted by Crippen LogP contribution is -2.13. The predicted octanol–water partition coefficient (Wildman–Crippen LogP) is 3.52. The van der Waals surface area contributed by atoms with Gasteiger partial charge in [-0.1, -0.05) is 12.1 Å². The van der Waals surface area contributed by atoms with Gasteiger partial charge in [0.1, 0.15) is 17.4 Å². The average Bonchev–Trinajstić information content (AvgIpc) is 2.90. The molecule has 0 bridgehead atoms. The molecular formula is C17H19N3O3. The first-order valence-corrected chi connectivity index (χ1v) is 7.70. The second-order valence-corrected chi connectivity index (χ2v) is 5.57. The Morgan fingerprint density at radius 2 is 2.13 bits per heavy atom. The normalized spacial score (nSPS) is 11.3. The number of para-hydroxylation sites is 1. The number of rotatable bonds is 6. The summed E-state index contributed by atoms with van der Waals surface area (Å²) in [7, 11) is 0. The Labute approximate surface area is 133 Å². The zero-order valence-corrected chi connectivity index (χ0v) is 13.2. The number of benzene rings is 1. The van der Waals surface area contributed by atoms with Crippen molar-refractivity contribution in [2.45, 2.75) is 32.8 Å². The van der Waals surface area contributed by atoms with E-state index in [4.69, 9.17) is 9.15 Å². The van der Waals surface area contributed by atoms with E-state index in [-0.39, 0.29) is 12.1 Å². The van der Waals surface area contributed by atoms with Gasteiger partial charge in [-0.3, -0.25) is 4.79 Å². The van der Waals surface area contributed by atoms with Gasteiger partial charge in [0.2, 0.25) is 0 Å². The van der Waals surface area contributed by atoms with Crippen LogP contribution in [-0.2, 0) is 9.53 Å². The Morgan fingerprint density at radius 1 is 1.30 bits per heavy atom. The number of carbonyl (C=O) groups is 1. The first kappa shape index (κ1) is 15.3. The summed E-state index contributed by atoms with van der Waals surface area (Å²) in [6.07, 6.45) is 2.48. The molecule has 0 saturated carbocycles. The summed E-state index contributed by atoms with van der Waals surface area (Å²) in [6.45, 7) is 4.29. The molecule has 6 nitrogen and oxygen atoms in total. The fraction of sp³-hybridized carbons (Fsp3) is 0.353. The third-order valence-electron chi connectivity index (χ3n) is 3.38. The molecule has 0 radical (unpaired) electrons. The second kappa shape index (κ2) is 6.64. The summed E-state index contributed by atoms with van der Waals surface area (Å²) in [4.78, 5) is 20.0. The van der Waals surface area contributed by atoms with Gasteiger partial charge in [0.15, 0.2) is 11.4 Å². The molecule has 1 N–H and O–H groups in total. The van der Waals surface area contributed by atoms with E-state index >= 15 is 0 Å². The minimum absolute atomic E-state index is 0.0764. The highest BCUT2D eigenvalue weighted by molar-refractivity contribution is 6.05. The van der Waals surface area contributed by atoms with Crippen molar-refractivity contribution in [3.63, 3.8) is 0 Å². The maximum Gasteiger partial charge on any atom is 0.306 e.